The van der Waals surface area contributed by atoms with Gasteiger partial charge in [-0.3, -0.25) is 9.59 Å². The summed E-state index contributed by atoms with van der Waals surface area (Å²) in [5.41, 5.74) is 1.57. The van der Waals surface area contributed by atoms with Crippen LogP contribution in [0, 0.1) is 22.7 Å². The zero-order valence-corrected chi connectivity index (χ0v) is 18.4. The molecule has 1 heterocycles. The Hall–Kier alpha value is -3.69. The highest BCUT2D eigenvalue weighted by Crippen LogP contribution is 2.28. The zero-order valence-electron chi connectivity index (χ0n) is 17.5. The van der Waals surface area contributed by atoms with Gasteiger partial charge < -0.3 is 19.7 Å². The molecule has 3 rings (SSSR count). The van der Waals surface area contributed by atoms with Crippen molar-refractivity contribution >= 4 is 29.3 Å². The Kier molecular flexibility index (Phi) is 7.96. The molecule has 0 aliphatic carbocycles. The van der Waals surface area contributed by atoms with Crippen molar-refractivity contribution in [1.82, 2.24) is 4.90 Å². The molecule has 1 atom stereocenters. The van der Waals surface area contributed by atoms with Crippen LogP contribution in [0.4, 0.5) is 5.69 Å². The molecule has 1 N–H and O–H groups in total. The van der Waals surface area contributed by atoms with Crippen LogP contribution in [0.2, 0.25) is 0 Å². The number of benzene rings is 2. The molecule has 1 unspecified atom stereocenters. The lowest BCUT2D eigenvalue weighted by molar-refractivity contribution is -0.136. The second-order valence-corrected chi connectivity index (χ2v) is 7.99. The lowest BCUT2D eigenvalue weighted by atomic mass is 10.2. The van der Waals surface area contributed by atoms with E-state index in [9.17, 15) is 9.59 Å². The van der Waals surface area contributed by atoms with Gasteiger partial charge in [-0.05, 0) is 42.8 Å². The normalized spacial score (nSPS) is 14.8. The molecule has 0 bridgehead atoms. The van der Waals surface area contributed by atoms with Crippen molar-refractivity contribution in [2.45, 2.75) is 18.9 Å². The maximum atomic E-state index is 12.7. The maximum absolute atomic E-state index is 12.7. The van der Waals surface area contributed by atoms with Crippen molar-refractivity contribution < 1.29 is 19.1 Å². The molecule has 2 aromatic carbocycles. The molecular formula is C23H22N4O4S. The van der Waals surface area contributed by atoms with Crippen LogP contribution in [0.25, 0.3) is 0 Å². The van der Waals surface area contributed by atoms with Gasteiger partial charge >= 0.3 is 0 Å². The van der Waals surface area contributed by atoms with E-state index >= 15 is 0 Å². The van der Waals surface area contributed by atoms with Gasteiger partial charge in [0.05, 0.1) is 42.9 Å². The van der Waals surface area contributed by atoms with E-state index in [4.69, 9.17) is 20.0 Å². The van der Waals surface area contributed by atoms with E-state index in [1.54, 1.807) is 47.4 Å². The Bertz CT molecular complexity index is 1060. The van der Waals surface area contributed by atoms with Gasteiger partial charge in [0, 0.05) is 23.9 Å². The van der Waals surface area contributed by atoms with Crippen LogP contribution in [0.15, 0.2) is 42.5 Å². The number of hydrogen-bond donors (Lipinski definition) is 1. The minimum absolute atomic E-state index is 0.106. The number of amides is 2. The number of carbonyl (C=O) groups is 2. The number of nitrogens with one attached hydrogen (secondary N) is 1. The Morgan fingerprint density at radius 3 is 2.53 bits per heavy atom. The van der Waals surface area contributed by atoms with Gasteiger partial charge in [0.2, 0.25) is 11.8 Å². The Morgan fingerprint density at radius 2 is 1.84 bits per heavy atom. The number of hydrogen-bond acceptors (Lipinski definition) is 7. The molecule has 1 aliphatic heterocycles. The summed E-state index contributed by atoms with van der Waals surface area (Å²) in [7, 11) is 1.50. The number of methoxy groups -OCH3 is 1. The fourth-order valence-electron chi connectivity index (χ4n) is 3.16. The summed E-state index contributed by atoms with van der Waals surface area (Å²) in [6.07, 6.45) is 0.729. The summed E-state index contributed by atoms with van der Waals surface area (Å²) in [5.74, 6) is 1.62. The minimum Gasteiger partial charge on any atom is -0.493 e. The van der Waals surface area contributed by atoms with Crippen LogP contribution in [0.5, 0.6) is 11.5 Å². The first-order chi connectivity index (χ1) is 15.5. The smallest absolute Gasteiger partial charge is 0.248 e. The second-order valence-electron chi connectivity index (χ2n) is 6.99. The Balaban J connectivity index is 1.49. The van der Waals surface area contributed by atoms with Crippen molar-refractivity contribution in [2.24, 2.45) is 0 Å². The first-order valence-electron chi connectivity index (χ1n) is 9.95. The molecule has 32 heavy (non-hydrogen) atoms. The zero-order chi connectivity index (χ0) is 22.9. The molecule has 1 saturated heterocycles. The van der Waals surface area contributed by atoms with Crippen LogP contribution in [-0.4, -0.2) is 48.1 Å². The molecule has 2 amide bonds. The van der Waals surface area contributed by atoms with Gasteiger partial charge in [0.1, 0.15) is 6.04 Å². The lowest BCUT2D eigenvalue weighted by Crippen LogP contribution is -2.44. The van der Waals surface area contributed by atoms with Gasteiger partial charge in [0.15, 0.2) is 11.5 Å². The highest BCUT2D eigenvalue weighted by molar-refractivity contribution is 7.99. The molecule has 2 aromatic rings. The number of ether oxygens (including phenoxy) is 2. The van der Waals surface area contributed by atoms with Crippen LogP contribution in [-0.2, 0) is 9.59 Å². The van der Waals surface area contributed by atoms with E-state index in [1.165, 1.54) is 18.9 Å². The highest BCUT2D eigenvalue weighted by Gasteiger charge is 2.34. The molecule has 1 aliphatic rings. The number of thioether (sulfide) groups is 1. The molecule has 8 nitrogen and oxygen atoms in total. The van der Waals surface area contributed by atoms with E-state index < -0.39 is 6.04 Å². The average molecular weight is 451 g/mol. The molecule has 9 heteroatoms. The predicted molar refractivity (Wildman–Crippen MR) is 120 cm³/mol. The molecule has 0 aromatic heterocycles. The summed E-state index contributed by atoms with van der Waals surface area (Å²) in [6, 6.07) is 15.0. The van der Waals surface area contributed by atoms with Crippen molar-refractivity contribution in [3.8, 4) is 23.6 Å². The number of nitriles is 2. The molecule has 0 radical (unpaired) electrons. The fourth-order valence-corrected chi connectivity index (χ4v) is 4.35. The first kappa shape index (κ1) is 23.0. The van der Waals surface area contributed by atoms with E-state index in [1.807, 2.05) is 12.1 Å². The summed E-state index contributed by atoms with van der Waals surface area (Å²) >= 11 is 1.54. The number of rotatable bonds is 8. The number of carbonyl (C=O) groups excluding carboxylic acids is 2. The highest BCUT2D eigenvalue weighted by atomic mass is 32.2. The topological polar surface area (TPSA) is 115 Å². The van der Waals surface area contributed by atoms with E-state index in [2.05, 4.69) is 5.32 Å². The SMILES string of the molecule is COc1cc(C#N)ccc1OCCCC(=O)N1CSCC1C(=O)Nc1ccc(C#N)cc1. The third kappa shape index (κ3) is 5.71. The Morgan fingerprint density at radius 1 is 1.12 bits per heavy atom. The number of nitrogens with zero attached hydrogens (tertiary/aromatic N) is 3. The predicted octanol–water partition coefficient (Wildman–Crippen LogP) is 3.14. The quantitative estimate of drug-likeness (QED) is 0.614. The largest absolute Gasteiger partial charge is 0.493 e. The van der Waals surface area contributed by atoms with Gasteiger partial charge in [-0.1, -0.05) is 0 Å². The number of anilines is 1. The van der Waals surface area contributed by atoms with Crippen LogP contribution in [0.1, 0.15) is 24.0 Å². The van der Waals surface area contributed by atoms with E-state index in [-0.39, 0.29) is 18.2 Å². The lowest BCUT2D eigenvalue weighted by Gasteiger charge is -2.23. The van der Waals surface area contributed by atoms with Crippen molar-refractivity contribution in [3.05, 3.63) is 53.6 Å². The summed E-state index contributed by atoms with van der Waals surface area (Å²) in [6.45, 7) is 0.303. The van der Waals surface area contributed by atoms with E-state index in [0.717, 1.165) is 0 Å². The Labute approximate surface area is 190 Å². The van der Waals surface area contributed by atoms with Gasteiger partial charge in [-0.2, -0.15) is 10.5 Å². The van der Waals surface area contributed by atoms with Crippen LogP contribution >= 0.6 is 11.8 Å². The van der Waals surface area contributed by atoms with Crippen molar-refractivity contribution in [2.75, 3.05) is 30.7 Å². The fraction of sp³-hybridized carbons (Fsp3) is 0.304. The van der Waals surface area contributed by atoms with Crippen LogP contribution < -0.4 is 14.8 Å². The second kappa shape index (κ2) is 11.1. The van der Waals surface area contributed by atoms with Gasteiger partial charge in [-0.15, -0.1) is 11.8 Å². The summed E-state index contributed by atoms with van der Waals surface area (Å²) in [4.78, 5) is 27.0. The van der Waals surface area contributed by atoms with E-state index in [0.29, 0.717) is 53.0 Å². The molecule has 0 saturated carbocycles. The molecule has 164 valence electrons. The third-order valence-electron chi connectivity index (χ3n) is 4.87. The monoisotopic (exact) mass is 450 g/mol. The van der Waals surface area contributed by atoms with Crippen molar-refractivity contribution in [3.63, 3.8) is 0 Å². The minimum atomic E-state index is -0.539. The standard InChI is InChI=1S/C23H22N4O4S/c1-30-21-11-17(13-25)6-9-20(21)31-10-2-3-22(28)27-15-32-14-19(27)23(29)26-18-7-4-16(12-24)5-8-18/h4-9,11,19H,2-3,10,14-15H2,1H3,(H,26,29). The van der Waals surface area contributed by atoms with Crippen molar-refractivity contribution in [1.29, 1.82) is 10.5 Å². The summed E-state index contributed by atoms with van der Waals surface area (Å²) in [5, 5.41) is 20.6. The molecule has 0 spiro atoms. The summed E-state index contributed by atoms with van der Waals surface area (Å²) < 4.78 is 10.9. The maximum Gasteiger partial charge on any atom is 0.248 e. The average Bonchev–Trinajstić information content (AvgIpc) is 3.32. The third-order valence-corrected chi connectivity index (χ3v) is 5.88. The van der Waals surface area contributed by atoms with Gasteiger partial charge in [-0.25, -0.2) is 0 Å². The molecular weight excluding hydrogens is 428 g/mol. The molecule has 1 fully saturated rings. The van der Waals surface area contributed by atoms with Crippen LogP contribution in [0.3, 0.4) is 0 Å². The first-order valence-corrected chi connectivity index (χ1v) is 11.1. The van der Waals surface area contributed by atoms with Gasteiger partial charge in [0.25, 0.3) is 0 Å².